The van der Waals surface area contributed by atoms with Crippen molar-refractivity contribution in [3.8, 4) is 5.88 Å². The molecule has 0 saturated heterocycles. The molecule has 7 nitrogen and oxygen atoms in total. The number of rotatable bonds is 7. The van der Waals surface area contributed by atoms with E-state index in [9.17, 15) is 22.4 Å². The first-order valence-corrected chi connectivity index (χ1v) is 9.27. The predicted octanol–water partition coefficient (Wildman–Crippen LogP) is 3.80. The Morgan fingerprint density at radius 2 is 2.10 bits per heavy atom. The van der Waals surface area contributed by atoms with Crippen LogP contribution in [0.3, 0.4) is 0 Å². The second-order valence-corrected chi connectivity index (χ2v) is 7.04. The molecule has 3 heterocycles. The number of ether oxygens (including phenoxy) is 1. The smallest absolute Gasteiger partial charge is 0.417 e. The van der Waals surface area contributed by atoms with Crippen LogP contribution in [0.15, 0.2) is 30.7 Å². The van der Waals surface area contributed by atoms with Gasteiger partial charge in [-0.3, -0.25) is 9.48 Å². The van der Waals surface area contributed by atoms with Crippen molar-refractivity contribution >= 4 is 22.6 Å². The zero-order valence-corrected chi connectivity index (χ0v) is 15.6. The van der Waals surface area contributed by atoms with Gasteiger partial charge in [-0.2, -0.15) is 18.3 Å². The minimum Gasteiger partial charge on any atom is -0.474 e. The van der Waals surface area contributed by atoms with Crippen LogP contribution < -0.4 is 10.1 Å². The standard InChI is InChI=1S/C19H17F4N5O2/c20-14-8-12(19(21,22)23)9-25-18(14)30-6-5-28-10-13-15(27-28)3-4-24-17(13)26-16(29)7-11-1-2-11/h3-4,8-11H,1-2,5-7H2,(H,24,26,29). The molecule has 158 valence electrons. The maximum atomic E-state index is 13.8. The van der Waals surface area contributed by atoms with E-state index in [-0.39, 0.29) is 19.1 Å². The Labute approximate surface area is 168 Å². The van der Waals surface area contributed by atoms with Crippen LogP contribution in [-0.4, -0.2) is 32.3 Å². The minimum absolute atomic E-state index is 0.0694. The minimum atomic E-state index is -4.68. The quantitative estimate of drug-likeness (QED) is 0.585. The number of carbonyl (C=O) groups is 1. The molecular weight excluding hydrogens is 406 g/mol. The number of aromatic nitrogens is 4. The lowest BCUT2D eigenvalue weighted by atomic mass is 10.2. The highest BCUT2D eigenvalue weighted by Gasteiger charge is 2.32. The zero-order valence-electron chi connectivity index (χ0n) is 15.6. The first-order valence-electron chi connectivity index (χ1n) is 9.27. The molecular formula is C19H17F4N5O2. The van der Waals surface area contributed by atoms with Crippen LogP contribution in [0.5, 0.6) is 5.88 Å². The highest BCUT2D eigenvalue weighted by Crippen LogP contribution is 2.33. The maximum Gasteiger partial charge on any atom is 0.417 e. The fourth-order valence-electron chi connectivity index (χ4n) is 2.90. The van der Waals surface area contributed by atoms with Crippen molar-refractivity contribution in [1.82, 2.24) is 19.7 Å². The molecule has 30 heavy (non-hydrogen) atoms. The van der Waals surface area contributed by atoms with Crippen LogP contribution in [0.1, 0.15) is 24.8 Å². The van der Waals surface area contributed by atoms with Crippen LogP contribution in [0.2, 0.25) is 0 Å². The lowest BCUT2D eigenvalue weighted by molar-refractivity contribution is -0.138. The van der Waals surface area contributed by atoms with Crippen molar-refractivity contribution in [3.63, 3.8) is 0 Å². The summed E-state index contributed by atoms with van der Waals surface area (Å²) in [7, 11) is 0. The Morgan fingerprint density at radius 3 is 2.80 bits per heavy atom. The van der Waals surface area contributed by atoms with Gasteiger partial charge in [0.25, 0.3) is 0 Å². The monoisotopic (exact) mass is 423 g/mol. The van der Waals surface area contributed by atoms with Crippen molar-refractivity contribution in [1.29, 1.82) is 0 Å². The van der Waals surface area contributed by atoms with Gasteiger partial charge < -0.3 is 10.1 Å². The molecule has 0 spiro atoms. The topological polar surface area (TPSA) is 81.9 Å². The number of anilines is 1. The SMILES string of the molecule is O=C(CC1CC1)Nc1nccc2nn(CCOc3ncc(C(F)(F)F)cc3F)cc12. The summed E-state index contributed by atoms with van der Waals surface area (Å²) in [5.41, 5.74) is -0.583. The Hall–Kier alpha value is -3.24. The van der Waals surface area contributed by atoms with Crippen LogP contribution in [-0.2, 0) is 17.5 Å². The average Bonchev–Trinajstić information content (AvgIpc) is 3.38. The molecule has 1 saturated carbocycles. The first-order chi connectivity index (χ1) is 14.3. The summed E-state index contributed by atoms with van der Waals surface area (Å²) in [5.74, 6) is -0.962. The molecule has 0 unspecified atom stereocenters. The van der Waals surface area contributed by atoms with Gasteiger partial charge in [0.15, 0.2) is 5.82 Å². The summed E-state index contributed by atoms with van der Waals surface area (Å²) in [6, 6.07) is 2.02. The van der Waals surface area contributed by atoms with Crippen molar-refractivity contribution in [2.45, 2.75) is 32.0 Å². The van der Waals surface area contributed by atoms with E-state index in [0.29, 0.717) is 41.3 Å². The van der Waals surface area contributed by atoms with Crippen LogP contribution >= 0.6 is 0 Å². The lowest BCUT2D eigenvalue weighted by Crippen LogP contribution is -2.13. The molecule has 1 amide bonds. The summed E-state index contributed by atoms with van der Waals surface area (Å²) < 4.78 is 58.1. The van der Waals surface area contributed by atoms with E-state index in [0.717, 1.165) is 12.8 Å². The first kappa shape index (κ1) is 20.0. The molecule has 0 radical (unpaired) electrons. The van der Waals surface area contributed by atoms with Gasteiger partial charge >= 0.3 is 6.18 Å². The summed E-state index contributed by atoms with van der Waals surface area (Å²) in [4.78, 5) is 19.6. The number of hydrogen-bond donors (Lipinski definition) is 1. The van der Waals surface area contributed by atoms with E-state index in [1.54, 1.807) is 12.3 Å². The van der Waals surface area contributed by atoms with Crippen molar-refractivity contribution in [2.75, 3.05) is 11.9 Å². The van der Waals surface area contributed by atoms with E-state index in [4.69, 9.17) is 4.74 Å². The highest BCUT2D eigenvalue weighted by atomic mass is 19.4. The number of alkyl halides is 3. The number of nitrogens with one attached hydrogen (secondary N) is 1. The Morgan fingerprint density at radius 1 is 1.30 bits per heavy atom. The molecule has 0 aliphatic heterocycles. The number of halogens is 4. The summed E-state index contributed by atoms with van der Waals surface area (Å²) in [6.07, 6.45) is 1.63. The fraction of sp³-hybridized carbons (Fsp3) is 0.368. The largest absolute Gasteiger partial charge is 0.474 e. The maximum absolute atomic E-state index is 13.8. The molecule has 11 heteroatoms. The van der Waals surface area contributed by atoms with E-state index in [1.807, 2.05) is 0 Å². The molecule has 1 fully saturated rings. The third-order valence-electron chi connectivity index (χ3n) is 4.60. The average molecular weight is 423 g/mol. The second-order valence-electron chi connectivity index (χ2n) is 7.04. The van der Waals surface area contributed by atoms with Crippen molar-refractivity contribution < 1.29 is 27.1 Å². The molecule has 1 aliphatic rings. The number of carbonyl (C=O) groups excluding carboxylic acids is 1. The molecule has 0 aromatic carbocycles. The van der Waals surface area contributed by atoms with Crippen LogP contribution in [0.25, 0.3) is 10.9 Å². The number of hydrogen-bond acceptors (Lipinski definition) is 5. The van der Waals surface area contributed by atoms with E-state index in [1.165, 1.54) is 10.9 Å². The van der Waals surface area contributed by atoms with E-state index in [2.05, 4.69) is 20.4 Å². The van der Waals surface area contributed by atoms with Crippen molar-refractivity contribution in [3.05, 3.63) is 42.1 Å². The van der Waals surface area contributed by atoms with Gasteiger partial charge in [-0.05, 0) is 30.9 Å². The van der Waals surface area contributed by atoms with Gasteiger partial charge in [0.1, 0.15) is 12.4 Å². The third kappa shape index (κ3) is 4.66. The highest BCUT2D eigenvalue weighted by molar-refractivity contribution is 5.99. The molecule has 1 aliphatic carbocycles. The van der Waals surface area contributed by atoms with Gasteiger partial charge in [-0.25, -0.2) is 14.4 Å². The molecule has 0 bridgehead atoms. The Kier molecular flexibility index (Phi) is 5.27. The van der Waals surface area contributed by atoms with Gasteiger partial charge in [0, 0.05) is 25.0 Å². The molecule has 3 aromatic heterocycles. The van der Waals surface area contributed by atoms with Gasteiger partial charge in [-0.1, -0.05) is 0 Å². The second kappa shape index (κ2) is 7.88. The Balaban J connectivity index is 1.40. The van der Waals surface area contributed by atoms with Crippen molar-refractivity contribution in [2.24, 2.45) is 5.92 Å². The van der Waals surface area contributed by atoms with Crippen LogP contribution in [0, 0.1) is 11.7 Å². The number of amides is 1. The molecule has 3 aromatic rings. The molecule has 4 rings (SSSR count). The third-order valence-corrected chi connectivity index (χ3v) is 4.60. The summed E-state index contributed by atoms with van der Waals surface area (Å²) >= 11 is 0. The van der Waals surface area contributed by atoms with Gasteiger partial charge in [-0.15, -0.1) is 0 Å². The predicted molar refractivity (Wildman–Crippen MR) is 98.2 cm³/mol. The molecule has 0 atom stereocenters. The normalized spacial score (nSPS) is 14.1. The Bertz CT molecular complexity index is 1080. The van der Waals surface area contributed by atoms with E-state index < -0.39 is 23.4 Å². The van der Waals surface area contributed by atoms with Gasteiger partial charge in [0.05, 0.1) is 23.0 Å². The van der Waals surface area contributed by atoms with E-state index >= 15 is 0 Å². The van der Waals surface area contributed by atoms with Gasteiger partial charge in [0.2, 0.25) is 11.8 Å². The zero-order chi connectivity index (χ0) is 21.3. The summed E-state index contributed by atoms with van der Waals surface area (Å²) in [6.45, 7) is 0.117. The summed E-state index contributed by atoms with van der Waals surface area (Å²) in [5, 5.41) is 7.77. The number of nitrogens with zero attached hydrogens (tertiary/aromatic N) is 4. The molecule has 1 N–H and O–H groups in total. The van der Waals surface area contributed by atoms with Crippen LogP contribution in [0.4, 0.5) is 23.4 Å². The lowest BCUT2D eigenvalue weighted by Gasteiger charge is -2.09. The number of fused-ring (bicyclic) bond motifs is 1. The fourth-order valence-corrected chi connectivity index (χ4v) is 2.90. The number of pyridine rings is 2.